The van der Waals surface area contributed by atoms with Crippen LogP contribution in [0.15, 0.2) is 24.3 Å². The van der Waals surface area contributed by atoms with E-state index in [0.717, 1.165) is 24.4 Å². The highest BCUT2D eigenvalue weighted by atomic mass is 32.2. The maximum absolute atomic E-state index is 12.6. The predicted octanol–water partition coefficient (Wildman–Crippen LogP) is 4.30. The number of thioether (sulfide) groups is 1. The molecule has 2 nitrogen and oxygen atoms in total. The first-order valence-corrected chi connectivity index (χ1v) is 8.70. The summed E-state index contributed by atoms with van der Waals surface area (Å²) in [5, 5.41) is 0. The predicted molar refractivity (Wildman–Crippen MR) is 89.2 cm³/mol. The third kappa shape index (κ3) is 5.58. The van der Waals surface area contributed by atoms with Crippen LogP contribution in [-0.2, 0) is 5.75 Å². The summed E-state index contributed by atoms with van der Waals surface area (Å²) in [5.74, 6) is 2.14. The number of amides is 1. The van der Waals surface area contributed by atoms with Crippen molar-refractivity contribution in [2.75, 3.05) is 19.3 Å². The molecule has 1 aromatic carbocycles. The number of nitrogens with zero attached hydrogens (tertiary/aromatic N) is 1. The molecule has 0 aliphatic heterocycles. The fraction of sp³-hybridized carbons (Fsp3) is 0.588. The molecule has 0 saturated carbocycles. The van der Waals surface area contributed by atoms with Gasteiger partial charge in [0.2, 0.25) is 0 Å². The topological polar surface area (TPSA) is 20.3 Å². The summed E-state index contributed by atoms with van der Waals surface area (Å²) in [6.07, 6.45) is 2.09. The van der Waals surface area contributed by atoms with Crippen LogP contribution in [0.3, 0.4) is 0 Å². The summed E-state index contributed by atoms with van der Waals surface area (Å²) >= 11 is 1.80. The van der Waals surface area contributed by atoms with Gasteiger partial charge in [0, 0.05) is 24.4 Å². The highest BCUT2D eigenvalue weighted by Gasteiger charge is 2.17. The summed E-state index contributed by atoms with van der Waals surface area (Å²) in [6, 6.07) is 8.04. The molecule has 20 heavy (non-hydrogen) atoms. The Morgan fingerprint density at radius 2 is 1.55 bits per heavy atom. The summed E-state index contributed by atoms with van der Waals surface area (Å²) in [4.78, 5) is 14.6. The first-order valence-electron chi connectivity index (χ1n) is 7.31. The molecule has 0 heterocycles. The molecule has 0 aliphatic rings. The Morgan fingerprint density at radius 3 is 1.95 bits per heavy atom. The van der Waals surface area contributed by atoms with Crippen molar-refractivity contribution in [3.05, 3.63) is 35.4 Å². The maximum atomic E-state index is 12.6. The van der Waals surface area contributed by atoms with Crippen molar-refractivity contribution in [2.24, 2.45) is 11.8 Å². The molecule has 0 atom stereocenters. The van der Waals surface area contributed by atoms with Crippen LogP contribution in [0.1, 0.15) is 43.6 Å². The molecule has 1 rings (SSSR count). The second-order valence-electron chi connectivity index (χ2n) is 6.13. The van der Waals surface area contributed by atoms with Crippen molar-refractivity contribution < 1.29 is 4.79 Å². The first kappa shape index (κ1) is 17.1. The molecule has 0 spiro atoms. The molecule has 1 amide bonds. The van der Waals surface area contributed by atoms with Crippen LogP contribution in [0.25, 0.3) is 0 Å². The molecule has 112 valence electrons. The Labute approximate surface area is 127 Å². The minimum absolute atomic E-state index is 0.156. The summed E-state index contributed by atoms with van der Waals surface area (Å²) < 4.78 is 0. The van der Waals surface area contributed by atoms with E-state index in [-0.39, 0.29) is 5.91 Å². The minimum Gasteiger partial charge on any atom is -0.338 e. The van der Waals surface area contributed by atoms with Crippen molar-refractivity contribution >= 4 is 17.7 Å². The molecule has 1 aromatic rings. The Balaban J connectivity index is 2.82. The molecule has 0 unspecified atom stereocenters. The lowest BCUT2D eigenvalue weighted by atomic mass is 10.1. The summed E-state index contributed by atoms with van der Waals surface area (Å²) in [7, 11) is 0. The van der Waals surface area contributed by atoms with Gasteiger partial charge >= 0.3 is 0 Å². The van der Waals surface area contributed by atoms with Gasteiger partial charge in [0.05, 0.1) is 0 Å². The van der Waals surface area contributed by atoms with E-state index < -0.39 is 0 Å². The van der Waals surface area contributed by atoms with Crippen LogP contribution in [0.5, 0.6) is 0 Å². The summed E-state index contributed by atoms with van der Waals surface area (Å²) in [5.41, 5.74) is 2.07. The fourth-order valence-electron chi connectivity index (χ4n) is 2.21. The Bertz CT molecular complexity index is 402. The zero-order valence-corrected chi connectivity index (χ0v) is 14.2. The monoisotopic (exact) mass is 293 g/mol. The summed E-state index contributed by atoms with van der Waals surface area (Å²) in [6.45, 7) is 10.3. The molecule has 0 bridgehead atoms. The van der Waals surface area contributed by atoms with Crippen LogP contribution in [0, 0.1) is 11.8 Å². The van der Waals surface area contributed by atoms with E-state index in [0.29, 0.717) is 11.8 Å². The van der Waals surface area contributed by atoms with E-state index >= 15 is 0 Å². The van der Waals surface area contributed by atoms with E-state index in [1.165, 1.54) is 5.56 Å². The zero-order chi connectivity index (χ0) is 15.1. The largest absolute Gasteiger partial charge is 0.338 e. The fourth-order valence-corrected chi connectivity index (χ4v) is 2.74. The lowest BCUT2D eigenvalue weighted by molar-refractivity contribution is 0.0715. The van der Waals surface area contributed by atoms with Gasteiger partial charge in [-0.15, -0.1) is 0 Å². The molecule has 0 radical (unpaired) electrons. The van der Waals surface area contributed by atoms with E-state index in [2.05, 4.69) is 46.1 Å². The van der Waals surface area contributed by atoms with Crippen molar-refractivity contribution in [2.45, 2.75) is 33.4 Å². The standard InChI is InChI=1S/C17H27NOS/c1-13(2)10-18(11-14(3)4)17(19)16-8-6-15(7-9-16)12-20-5/h6-9,13-14H,10-12H2,1-5H3. The molecular weight excluding hydrogens is 266 g/mol. The molecule has 3 heteroatoms. The van der Waals surface area contributed by atoms with Crippen molar-refractivity contribution in [3.63, 3.8) is 0 Å². The third-order valence-electron chi connectivity index (χ3n) is 2.97. The quantitative estimate of drug-likeness (QED) is 0.747. The van der Waals surface area contributed by atoms with E-state index in [1.807, 2.05) is 17.0 Å². The SMILES string of the molecule is CSCc1ccc(C(=O)N(CC(C)C)CC(C)C)cc1. The van der Waals surface area contributed by atoms with Gasteiger partial charge in [0.1, 0.15) is 0 Å². The molecule has 0 fully saturated rings. The van der Waals surface area contributed by atoms with Crippen molar-refractivity contribution in [1.29, 1.82) is 0 Å². The average Bonchev–Trinajstić information content (AvgIpc) is 2.37. The van der Waals surface area contributed by atoms with Gasteiger partial charge < -0.3 is 4.90 Å². The van der Waals surface area contributed by atoms with Crippen LogP contribution in [-0.4, -0.2) is 30.2 Å². The zero-order valence-electron chi connectivity index (χ0n) is 13.3. The number of hydrogen-bond acceptors (Lipinski definition) is 2. The van der Waals surface area contributed by atoms with Gasteiger partial charge in [-0.25, -0.2) is 0 Å². The molecule has 0 saturated heterocycles. The van der Waals surface area contributed by atoms with E-state index in [1.54, 1.807) is 11.8 Å². The Morgan fingerprint density at radius 1 is 1.05 bits per heavy atom. The van der Waals surface area contributed by atoms with Gasteiger partial charge in [-0.3, -0.25) is 4.79 Å². The number of rotatable bonds is 7. The second-order valence-corrected chi connectivity index (χ2v) is 6.99. The van der Waals surface area contributed by atoms with Crippen LogP contribution >= 0.6 is 11.8 Å². The number of carbonyl (C=O) groups excluding carboxylic acids is 1. The van der Waals surface area contributed by atoms with Crippen molar-refractivity contribution in [1.82, 2.24) is 4.90 Å². The number of carbonyl (C=O) groups is 1. The van der Waals surface area contributed by atoms with E-state index in [4.69, 9.17) is 0 Å². The highest BCUT2D eigenvalue weighted by Crippen LogP contribution is 2.14. The van der Waals surface area contributed by atoms with E-state index in [9.17, 15) is 4.79 Å². The normalized spacial score (nSPS) is 11.2. The first-order chi connectivity index (χ1) is 9.43. The Kier molecular flexibility index (Phi) is 7.14. The maximum Gasteiger partial charge on any atom is 0.253 e. The van der Waals surface area contributed by atoms with Gasteiger partial charge in [0.25, 0.3) is 5.91 Å². The van der Waals surface area contributed by atoms with Gasteiger partial charge in [-0.2, -0.15) is 11.8 Å². The van der Waals surface area contributed by atoms with Crippen LogP contribution < -0.4 is 0 Å². The van der Waals surface area contributed by atoms with Gasteiger partial charge in [-0.05, 0) is 35.8 Å². The Hall–Kier alpha value is -0.960. The van der Waals surface area contributed by atoms with Crippen molar-refractivity contribution in [3.8, 4) is 0 Å². The van der Waals surface area contributed by atoms with Gasteiger partial charge in [0.15, 0.2) is 0 Å². The van der Waals surface area contributed by atoms with Gasteiger partial charge in [-0.1, -0.05) is 39.8 Å². The average molecular weight is 293 g/mol. The molecule has 0 aromatic heterocycles. The molecule has 0 aliphatic carbocycles. The third-order valence-corrected chi connectivity index (χ3v) is 3.59. The second kappa shape index (κ2) is 8.35. The van der Waals surface area contributed by atoms with Crippen LogP contribution in [0.4, 0.5) is 0 Å². The molecular formula is C17H27NOS. The minimum atomic E-state index is 0.156. The van der Waals surface area contributed by atoms with Crippen LogP contribution in [0.2, 0.25) is 0 Å². The highest BCUT2D eigenvalue weighted by molar-refractivity contribution is 7.97. The number of benzene rings is 1. The number of hydrogen-bond donors (Lipinski definition) is 0. The smallest absolute Gasteiger partial charge is 0.253 e. The lowest BCUT2D eigenvalue weighted by Crippen LogP contribution is -2.37. The lowest BCUT2D eigenvalue weighted by Gasteiger charge is -2.26. The molecule has 0 N–H and O–H groups in total.